The summed E-state index contributed by atoms with van der Waals surface area (Å²) < 4.78 is -1.42. The van der Waals surface area contributed by atoms with Crippen molar-refractivity contribution in [2.24, 2.45) is 0 Å². The van der Waals surface area contributed by atoms with E-state index in [-0.39, 0.29) is 56.7 Å². The van der Waals surface area contributed by atoms with Gasteiger partial charge < -0.3 is 31.9 Å². The lowest BCUT2D eigenvalue weighted by molar-refractivity contribution is -0.129. The number of hydrogen-bond donors (Lipinski definition) is 8. The average Bonchev–Trinajstić information content (AvgIpc) is 3.79. The maximum atomic E-state index is 13.8. The van der Waals surface area contributed by atoms with E-state index in [1.807, 2.05) is 88.4 Å². The number of hydrogen-bond acceptors (Lipinski definition) is 11. The van der Waals surface area contributed by atoms with Crippen LogP contribution in [0, 0.1) is 0 Å². The number of amides is 6. The van der Waals surface area contributed by atoms with E-state index < -0.39 is 62.1 Å². The Balaban J connectivity index is 1.05. The quantitative estimate of drug-likeness (QED) is 0.0637. The molecular weight excluding hydrogens is 922 g/mol. The van der Waals surface area contributed by atoms with Crippen LogP contribution in [0.2, 0.25) is 10.0 Å². The highest BCUT2D eigenvalue weighted by atomic mass is 35.5. The normalized spacial score (nSPS) is 20.3. The fraction of sp³-hybridized carbons (Fsp3) is 0.383. The number of nitrogens with one attached hydrogen (secondary N) is 8. The SMILES string of the molecule is CC1(C)S[C@H]([C@H](NC(=O)Cc2ccccc2)C(=O)NCc2ccccc2)N[C@H]1C(=O)NCCNC(=O)[C@@H]1N[C@@H]([C@H](NC(=O)Cc2ccccn2)C(=O)NCc2ccc(Cl)cc2Cl)SC1(C)C. The van der Waals surface area contributed by atoms with Crippen molar-refractivity contribution in [2.75, 3.05) is 13.1 Å². The number of carbonyl (C=O) groups excluding carboxylic acids is 6. The molecule has 3 heterocycles. The Morgan fingerprint density at radius 3 is 1.64 bits per heavy atom. The van der Waals surface area contributed by atoms with Crippen molar-refractivity contribution < 1.29 is 28.8 Å². The number of thioether (sulfide) groups is 2. The van der Waals surface area contributed by atoms with Crippen LogP contribution in [-0.4, -0.2) is 97.9 Å². The number of benzene rings is 3. The van der Waals surface area contributed by atoms with Gasteiger partial charge in [0.15, 0.2) is 0 Å². The number of halogens is 2. The summed E-state index contributed by atoms with van der Waals surface area (Å²) in [6.07, 6.45) is 1.60. The van der Waals surface area contributed by atoms with Crippen LogP contribution in [0.15, 0.2) is 103 Å². The third-order valence-electron chi connectivity index (χ3n) is 11.0. The van der Waals surface area contributed by atoms with Gasteiger partial charge in [-0.25, -0.2) is 0 Å². The smallest absolute Gasteiger partial charge is 0.245 e. The Morgan fingerprint density at radius 1 is 0.621 bits per heavy atom. The lowest BCUT2D eigenvalue weighted by Gasteiger charge is -2.25. The van der Waals surface area contributed by atoms with Crippen LogP contribution in [0.3, 0.4) is 0 Å². The molecule has 6 amide bonds. The van der Waals surface area contributed by atoms with Crippen molar-refractivity contribution in [1.82, 2.24) is 47.5 Å². The predicted molar refractivity (Wildman–Crippen MR) is 259 cm³/mol. The highest BCUT2D eigenvalue weighted by molar-refractivity contribution is 8.01. The standard InChI is InChI=1S/C47H55Cl2N9O6S2/c1-46(2)38(57-44(65-46)36(40(61)53-26-29-15-9-6-10-16-29)55-34(59)23-28-13-7-5-8-14-28)42(63)51-21-22-52-43(64)39-47(3,4)66-45(58-39)37(56-35(60)25-32-17-11-12-20-50-32)41(62)54-27-30-18-19-31(48)24-33(30)49/h5-20,24,36-39,44-45,57-58H,21-23,25-27H2,1-4H3,(H,51,63)(H,52,64)(H,53,61)(H,54,62)(H,55,59)(H,56,60)/t36-,37-,38+,39+,44-,45-/m1/s1. The summed E-state index contributed by atoms with van der Waals surface area (Å²) in [5.41, 5.74) is 2.85. The first-order chi connectivity index (χ1) is 31.5. The van der Waals surface area contributed by atoms with Gasteiger partial charge in [0.1, 0.15) is 24.2 Å². The van der Waals surface area contributed by atoms with E-state index in [1.54, 1.807) is 42.6 Å². The third kappa shape index (κ3) is 13.9. The highest BCUT2D eigenvalue weighted by Crippen LogP contribution is 2.40. The van der Waals surface area contributed by atoms with Gasteiger partial charge in [0.05, 0.1) is 23.6 Å². The van der Waals surface area contributed by atoms with E-state index in [0.717, 1.165) is 11.1 Å². The topological polar surface area (TPSA) is 212 Å². The Kier molecular flexibility index (Phi) is 17.5. The molecule has 8 N–H and O–H groups in total. The van der Waals surface area contributed by atoms with Crippen LogP contribution >= 0.6 is 46.7 Å². The molecule has 2 fully saturated rings. The van der Waals surface area contributed by atoms with Crippen LogP contribution in [0.4, 0.5) is 0 Å². The highest BCUT2D eigenvalue weighted by Gasteiger charge is 2.50. The van der Waals surface area contributed by atoms with E-state index in [1.165, 1.54) is 23.5 Å². The molecule has 0 radical (unpaired) electrons. The van der Waals surface area contributed by atoms with Gasteiger partial charge >= 0.3 is 0 Å². The van der Waals surface area contributed by atoms with Gasteiger partial charge in [-0.2, -0.15) is 0 Å². The zero-order chi connectivity index (χ0) is 47.4. The second kappa shape index (κ2) is 23.0. The first kappa shape index (κ1) is 50.2. The molecule has 15 nitrogen and oxygen atoms in total. The molecule has 4 aromatic rings. The van der Waals surface area contributed by atoms with Gasteiger partial charge in [0.25, 0.3) is 0 Å². The Labute approximate surface area is 403 Å². The van der Waals surface area contributed by atoms with Crippen LogP contribution < -0.4 is 42.5 Å². The van der Waals surface area contributed by atoms with Gasteiger partial charge in [-0.3, -0.25) is 44.4 Å². The molecule has 0 spiro atoms. The fourth-order valence-electron chi connectivity index (χ4n) is 7.58. The Morgan fingerprint density at radius 2 is 1.12 bits per heavy atom. The molecule has 2 saturated heterocycles. The molecule has 350 valence electrons. The van der Waals surface area contributed by atoms with E-state index in [9.17, 15) is 28.8 Å². The second-order valence-electron chi connectivity index (χ2n) is 17.0. The van der Waals surface area contributed by atoms with Crippen molar-refractivity contribution in [1.29, 1.82) is 0 Å². The van der Waals surface area contributed by atoms with Crippen molar-refractivity contribution in [2.45, 2.75) is 98.0 Å². The number of pyridine rings is 1. The zero-order valence-electron chi connectivity index (χ0n) is 37.0. The maximum Gasteiger partial charge on any atom is 0.245 e. The number of aromatic nitrogens is 1. The average molecular weight is 977 g/mol. The second-order valence-corrected chi connectivity index (χ2v) is 21.4. The molecule has 0 saturated carbocycles. The zero-order valence-corrected chi connectivity index (χ0v) is 40.1. The monoisotopic (exact) mass is 975 g/mol. The minimum Gasteiger partial charge on any atom is -0.353 e. The number of rotatable bonds is 19. The molecule has 6 atom stereocenters. The Bertz CT molecular complexity index is 2350. The first-order valence-electron chi connectivity index (χ1n) is 21.5. The van der Waals surface area contributed by atoms with E-state index in [0.29, 0.717) is 21.3 Å². The molecule has 6 rings (SSSR count). The summed E-state index contributed by atoms with van der Waals surface area (Å²) in [7, 11) is 0. The van der Waals surface area contributed by atoms with Gasteiger partial charge in [-0.15, -0.1) is 23.5 Å². The van der Waals surface area contributed by atoms with Crippen molar-refractivity contribution in [3.05, 3.63) is 136 Å². The Hall–Kier alpha value is -5.17. The minimum absolute atomic E-state index is 0.0626. The van der Waals surface area contributed by atoms with Crippen molar-refractivity contribution >= 4 is 82.2 Å². The van der Waals surface area contributed by atoms with Crippen LogP contribution in [0.25, 0.3) is 0 Å². The summed E-state index contributed by atoms with van der Waals surface area (Å²) >= 11 is 15.2. The van der Waals surface area contributed by atoms with E-state index in [2.05, 4.69) is 47.5 Å². The molecule has 3 aromatic carbocycles. The van der Waals surface area contributed by atoms with Crippen molar-refractivity contribution in [3.8, 4) is 0 Å². The lowest BCUT2D eigenvalue weighted by atomic mass is 10.0. The largest absolute Gasteiger partial charge is 0.353 e. The fourth-order valence-corrected chi connectivity index (χ4v) is 11.1. The predicted octanol–water partition coefficient (Wildman–Crippen LogP) is 3.63. The maximum absolute atomic E-state index is 13.8. The van der Waals surface area contributed by atoms with E-state index in [4.69, 9.17) is 23.2 Å². The molecule has 66 heavy (non-hydrogen) atoms. The van der Waals surface area contributed by atoms with Crippen LogP contribution in [-0.2, 0) is 54.7 Å². The van der Waals surface area contributed by atoms with Gasteiger partial charge in [0, 0.05) is 57.6 Å². The molecule has 2 aliphatic heterocycles. The number of nitrogens with zero attached hydrogens (tertiary/aromatic N) is 1. The van der Waals surface area contributed by atoms with Gasteiger partial charge in [-0.05, 0) is 68.7 Å². The van der Waals surface area contributed by atoms with E-state index >= 15 is 0 Å². The van der Waals surface area contributed by atoms with Crippen LogP contribution in [0.1, 0.15) is 50.1 Å². The van der Waals surface area contributed by atoms with Gasteiger partial charge in [-0.1, -0.05) is 96.0 Å². The molecule has 1 aromatic heterocycles. The summed E-state index contributed by atoms with van der Waals surface area (Å²) in [5, 5.41) is 23.4. The first-order valence-corrected chi connectivity index (χ1v) is 24.0. The molecule has 0 bridgehead atoms. The van der Waals surface area contributed by atoms with Crippen LogP contribution in [0.5, 0.6) is 0 Å². The molecule has 0 unspecified atom stereocenters. The molecule has 19 heteroatoms. The van der Waals surface area contributed by atoms with Gasteiger partial charge in [0.2, 0.25) is 35.4 Å². The third-order valence-corrected chi connectivity index (χ3v) is 14.6. The molecule has 2 aliphatic rings. The summed E-state index contributed by atoms with van der Waals surface area (Å²) in [6, 6.07) is 25.2. The van der Waals surface area contributed by atoms with Crippen molar-refractivity contribution in [3.63, 3.8) is 0 Å². The summed E-state index contributed by atoms with van der Waals surface area (Å²) in [6.45, 7) is 8.04. The molecular formula is C47H55Cl2N9O6S2. The summed E-state index contributed by atoms with van der Waals surface area (Å²) in [4.78, 5) is 85.9. The minimum atomic E-state index is -1.09. The number of carbonyl (C=O) groups is 6. The summed E-state index contributed by atoms with van der Waals surface area (Å²) in [5.74, 6) is -2.34. The lowest BCUT2D eigenvalue weighted by Crippen LogP contribution is -2.59. The molecule has 0 aliphatic carbocycles.